The van der Waals surface area contributed by atoms with Crippen molar-refractivity contribution in [2.75, 3.05) is 18.5 Å². The second-order valence-corrected chi connectivity index (χ2v) is 3.31. The van der Waals surface area contributed by atoms with E-state index in [9.17, 15) is 5.11 Å². The standard InChI is InChI=1S/C9H16N4O/c1-7(14)6-13(2)9-8(5-10)3-4-11-12-9/h3-4,7,14H,5-6,10H2,1-2H3. The monoisotopic (exact) mass is 196 g/mol. The van der Waals surface area contributed by atoms with Gasteiger partial charge in [0.15, 0.2) is 5.82 Å². The zero-order valence-corrected chi connectivity index (χ0v) is 8.51. The lowest BCUT2D eigenvalue weighted by atomic mass is 10.2. The van der Waals surface area contributed by atoms with Gasteiger partial charge in [-0.05, 0) is 13.0 Å². The van der Waals surface area contributed by atoms with Crippen molar-refractivity contribution in [3.8, 4) is 0 Å². The van der Waals surface area contributed by atoms with Crippen molar-refractivity contribution in [3.63, 3.8) is 0 Å². The third-order valence-corrected chi connectivity index (χ3v) is 1.90. The second-order valence-electron chi connectivity index (χ2n) is 3.31. The normalized spacial score (nSPS) is 12.6. The highest BCUT2D eigenvalue weighted by Gasteiger charge is 2.09. The highest BCUT2D eigenvalue weighted by molar-refractivity contribution is 5.44. The topological polar surface area (TPSA) is 75.3 Å². The maximum Gasteiger partial charge on any atom is 0.155 e. The molecule has 5 heteroatoms. The molecule has 0 aliphatic rings. The van der Waals surface area contributed by atoms with E-state index in [0.29, 0.717) is 13.1 Å². The van der Waals surface area contributed by atoms with Crippen LogP contribution in [0.2, 0.25) is 0 Å². The molecule has 1 aromatic heterocycles. The van der Waals surface area contributed by atoms with Crippen LogP contribution in [0.25, 0.3) is 0 Å². The summed E-state index contributed by atoms with van der Waals surface area (Å²) in [5, 5.41) is 17.0. The average Bonchev–Trinajstić information content (AvgIpc) is 2.16. The molecule has 0 bridgehead atoms. The number of aliphatic hydroxyl groups excluding tert-OH is 1. The van der Waals surface area contributed by atoms with Gasteiger partial charge in [-0.1, -0.05) is 0 Å². The van der Waals surface area contributed by atoms with Gasteiger partial charge in [0.1, 0.15) is 0 Å². The molecule has 14 heavy (non-hydrogen) atoms. The number of hydrogen-bond acceptors (Lipinski definition) is 5. The lowest BCUT2D eigenvalue weighted by Crippen LogP contribution is -2.29. The SMILES string of the molecule is CC(O)CN(C)c1nnccc1CN. The molecule has 1 rings (SSSR count). The summed E-state index contributed by atoms with van der Waals surface area (Å²) in [6.45, 7) is 2.68. The smallest absolute Gasteiger partial charge is 0.155 e. The fourth-order valence-corrected chi connectivity index (χ4v) is 1.31. The van der Waals surface area contributed by atoms with Gasteiger partial charge < -0.3 is 15.7 Å². The Morgan fingerprint density at radius 2 is 2.36 bits per heavy atom. The molecule has 1 heterocycles. The van der Waals surface area contributed by atoms with Gasteiger partial charge in [0.05, 0.1) is 12.3 Å². The molecule has 0 fully saturated rings. The minimum absolute atomic E-state index is 0.396. The summed E-state index contributed by atoms with van der Waals surface area (Å²) in [7, 11) is 1.86. The van der Waals surface area contributed by atoms with Crippen LogP contribution in [0.5, 0.6) is 0 Å². The molecular formula is C9H16N4O. The fraction of sp³-hybridized carbons (Fsp3) is 0.556. The molecule has 0 radical (unpaired) electrons. The van der Waals surface area contributed by atoms with Gasteiger partial charge >= 0.3 is 0 Å². The molecule has 78 valence electrons. The minimum Gasteiger partial charge on any atom is -0.392 e. The molecule has 0 saturated heterocycles. The summed E-state index contributed by atoms with van der Waals surface area (Å²) < 4.78 is 0. The van der Waals surface area contributed by atoms with Crippen molar-refractivity contribution >= 4 is 5.82 Å². The van der Waals surface area contributed by atoms with Crippen LogP contribution in [-0.2, 0) is 6.54 Å². The summed E-state index contributed by atoms with van der Waals surface area (Å²) in [6.07, 6.45) is 1.22. The highest BCUT2D eigenvalue weighted by atomic mass is 16.3. The quantitative estimate of drug-likeness (QED) is 0.694. The van der Waals surface area contributed by atoms with E-state index in [0.717, 1.165) is 11.4 Å². The van der Waals surface area contributed by atoms with Gasteiger partial charge in [-0.3, -0.25) is 0 Å². The Morgan fingerprint density at radius 3 is 2.93 bits per heavy atom. The molecule has 1 atom stereocenters. The first-order valence-electron chi connectivity index (χ1n) is 4.55. The summed E-state index contributed by atoms with van der Waals surface area (Å²) in [5.41, 5.74) is 6.50. The van der Waals surface area contributed by atoms with E-state index in [1.54, 1.807) is 13.1 Å². The van der Waals surface area contributed by atoms with Gasteiger partial charge in [-0.15, -0.1) is 5.10 Å². The number of nitrogens with two attached hydrogens (primary N) is 1. The van der Waals surface area contributed by atoms with Gasteiger partial charge in [0.25, 0.3) is 0 Å². The molecule has 0 saturated carbocycles. The Bertz CT molecular complexity index is 290. The molecule has 0 aliphatic heterocycles. The van der Waals surface area contributed by atoms with Crippen molar-refractivity contribution in [2.45, 2.75) is 19.6 Å². The number of nitrogens with zero attached hydrogens (tertiary/aromatic N) is 3. The minimum atomic E-state index is -0.396. The summed E-state index contributed by atoms with van der Waals surface area (Å²) in [5.74, 6) is 0.732. The van der Waals surface area contributed by atoms with E-state index >= 15 is 0 Å². The fourth-order valence-electron chi connectivity index (χ4n) is 1.31. The first-order chi connectivity index (χ1) is 6.65. The van der Waals surface area contributed by atoms with Crippen LogP contribution in [0.1, 0.15) is 12.5 Å². The number of likely N-dealkylation sites (N-methyl/N-ethyl adjacent to an activating group) is 1. The maximum atomic E-state index is 9.23. The van der Waals surface area contributed by atoms with Crippen LogP contribution in [0, 0.1) is 0 Å². The Balaban J connectivity index is 2.82. The van der Waals surface area contributed by atoms with Gasteiger partial charge in [-0.2, -0.15) is 5.10 Å². The van der Waals surface area contributed by atoms with Crippen LogP contribution in [0.4, 0.5) is 5.82 Å². The number of rotatable bonds is 4. The van der Waals surface area contributed by atoms with E-state index in [1.165, 1.54) is 0 Å². The molecule has 0 spiro atoms. The summed E-state index contributed by atoms with van der Waals surface area (Å²) >= 11 is 0. The Hall–Kier alpha value is -1.20. The van der Waals surface area contributed by atoms with E-state index in [4.69, 9.17) is 5.73 Å². The predicted octanol–water partition coefficient (Wildman–Crippen LogP) is -0.248. The first-order valence-corrected chi connectivity index (χ1v) is 4.55. The summed E-state index contributed by atoms with van der Waals surface area (Å²) in [4.78, 5) is 1.85. The van der Waals surface area contributed by atoms with Crippen LogP contribution in [-0.4, -0.2) is 35.0 Å². The van der Waals surface area contributed by atoms with Crippen LogP contribution in [0.15, 0.2) is 12.3 Å². The molecule has 0 aliphatic carbocycles. The van der Waals surface area contributed by atoms with Gasteiger partial charge in [-0.25, -0.2) is 0 Å². The zero-order chi connectivity index (χ0) is 10.6. The number of hydrogen-bond donors (Lipinski definition) is 2. The van der Waals surface area contributed by atoms with E-state index in [2.05, 4.69) is 10.2 Å². The van der Waals surface area contributed by atoms with Crippen LogP contribution in [0.3, 0.4) is 0 Å². The second kappa shape index (κ2) is 4.88. The molecular weight excluding hydrogens is 180 g/mol. The number of aliphatic hydroxyl groups is 1. The van der Waals surface area contributed by atoms with Crippen molar-refractivity contribution in [1.82, 2.24) is 10.2 Å². The molecule has 0 aromatic carbocycles. The summed E-state index contributed by atoms with van der Waals surface area (Å²) in [6, 6.07) is 1.83. The lowest BCUT2D eigenvalue weighted by molar-refractivity contribution is 0.201. The maximum absolute atomic E-state index is 9.23. The zero-order valence-electron chi connectivity index (χ0n) is 8.51. The molecule has 5 nitrogen and oxygen atoms in total. The van der Waals surface area contributed by atoms with Crippen molar-refractivity contribution in [1.29, 1.82) is 0 Å². The number of anilines is 1. The Labute approximate surface area is 83.6 Å². The largest absolute Gasteiger partial charge is 0.392 e. The third kappa shape index (κ3) is 2.65. The molecule has 1 unspecified atom stereocenters. The number of aromatic nitrogens is 2. The van der Waals surface area contributed by atoms with Gasteiger partial charge in [0, 0.05) is 25.7 Å². The van der Waals surface area contributed by atoms with E-state index in [1.807, 2.05) is 18.0 Å². The van der Waals surface area contributed by atoms with E-state index < -0.39 is 6.10 Å². The van der Waals surface area contributed by atoms with Crippen molar-refractivity contribution in [3.05, 3.63) is 17.8 Å². The highest BCUT2D eigenvalue weighted by Crippen LogP contribution is 2.13. The first kappa shape index (κ1) is 10.9. The predicted molar refractivity (Wildman–Crippen MR) is 54.9 cm³/mol. The molecule has 0 amide bonds. The van der Waals surface area contributed by atoms with Crippen molar-refractivity contribution in [2.24, 2.45) is 5.73 Å². The van der Waals surface area contributed by atoms with Crippen molar-refractivity contribution < 1.29 is 5.11 Å². The van der Waals surface area contributed by atoms with E-state index in [-0.39, 0.29) is 0 Å². The van der Waals surface area contributed by atoms with Gasteiger partial charge in [0.2, 0.25) is 0 Å². The lowest BCUT2D eigenvalue weighted by Gasteiger charge is -2.21. The molecule has 3 N–H and O–H groups in total. The third-order valence-electron chi connectivity index (χ3n) is 1.90. The Morgan fingerprint density at radius 1 is 1.64 bits per heavy atom. The van der Waals surface area contributed by atoms with Crippen LogP contribution >= 0.6 is 0 Å². The molecule has 1 aromatic rings. The Kier molecular flexibility index (Phi) is 3.79. The van der Waals surface area contributed by atoms with Crippen LogP contribution < -0.4 is 10.6 Å². The average molecular weight is 196 g/mol.